The van der Waals surface area contributed by atoms with Crippen LogP contribution in [0.4, 0.5) is 0 Å². The predicted octanol–water partition coefficient (Wildman–Crippen LogP) is 0.839. The van der Waals surface area contributed by atoms with E-state index in [1.54, 1.807) is 0 Å². The third kappa shape index (κ3) is 2.67. The average Bonchev–Trinajstić information content (AvgIpc) is 2.05. The Balaban J connectivity index is 5.42. The Morgan fingerprint density at radius 2 is 1.38 bits per heavy atom. The van der Waals surface area contributed by atoms with Crippen LogP contribution in [-0.2, 0) is 19.7 Å². The molecule has 0 aliphatic rings. The van der Waals surface area contributed by atoms with E-state index in [0.29, 0.717) is 10.8 Å². The second-order valence-corrected chi connectivity index (χ2v) is 6.81. The molecule has 0 aromatic heterocycles. The number of sulfone groups is 2. The van der Waals surface area contributed by atoms with E-state index in [4.69, 9.17) is 0 Å². The van der Waals surface area contributed by atoms with Crippen molar-refractivity contribution in [1.82, 2.24) is 0 Å². The Hall–Kier alpha value is -0.620. The van der Waals surface area contributed by atoms with Crippen molar-refractivity contribution in [2.75, 3.05) is 0 Å². The molecule has 0 saturated carbocycles. The van der Waals surface area contributed by atoms with E-state index < -0.39 is 24.3 Å². The molecule has 0 saturated heterocycles. The monoisotopic (exact) mass is 224 g/mol. The van der Waals surface area contributed by atoms with Crippen LogP contribution in [0.25, 0.3) is 0 Å². The number of rotatable bonds is 5. The molecule has 0 heterocycles. The summed E-state index contributed by atoms with van der Waals surface area (Å²) in [7, 11) is -7.55. The molecular weight excluding hydrogens is 212 g/mol. The van der Waals surface area contributed by atoms with Gasteiger partial charge in [-0.1, -0.05) is 20.1 Å². The summed E-state index contributed by atoms with van der Waals surface area (Å²) in [5.41, 5.74) is 0. The Morgan fingerprint density at radius 1 is 1.08 bits per heavy atom. The SMILES string of the molecule is C=CS(=O)(=O)C(CC)S(=O)(=O)C=C. The summed E-state index contributed by atoms with van der Waals surface area (Å²) in [6.45, 7) is 7.60. The van der Waals surface area contributed by atoms with Gasteiger partial charge < -0.3 is 0 Å². The van der Waals surface area contributed by atoms with Gasteiger partial charge in [0.1, 0.15) is 0 Å². The molecule has 13 heavy (non-hydrogen) atoms. The normalized spacial score (nSPS) is 12.8. The van der Waals surface area contributed by atoms with Gasteiger partial charge in [-0.25, -0.2) is 16.8 Å². The first-order chi connectivity index (χ1) is 5.81. The van der Waals surface area contributed by atoms with Gasteiger partial charge in [-0.05, 0) is 6.42 Å². The number of hydrogen-bond donors (Lipinski definition) is 0. The molecule has 0 amide bonds. The lowest BCUT2D eigenvalue weighted by molar-refractivity contribution is 0.582. The Morgan fingerprint density at radius 3 is 1.54 bits per heavy atom. The topological polar surface area (TPSA) is 68.3 Å². The first kappa shape index (κ1) is 12.4. The molecule has 0 aromatic carbocycles. The third-order valence-corrected chi connectivity index (χ3v) is 6.20. The highest BCUT2D eigenvalue weighted by atomic mass is 32.3. The Labute approximate surface area is 78.8 Å². The van der Waals surface area contributed by atoms with Gasteiger partial charge in [-0.3, -0.25) is 0 Å². The van der Waals surface area contributed by atoms with Crippen molar-refractivity contribution in [3.05, 3.63) is 24.0 Å². The summed E-state index contributed by atoms with van der Waals surface area (Å²) in [6, 6.07) is 0. The standard InChI is InChI=1S/C7H12O4S2/c1-4-7(12(8,9)5-2)13(10,11)6-3/h5-7H,2-4H2,1H3. The maximum absolute atomic E-state index is 11.2. The van der Waals surface area contributed by atoms with Crippen LogP contribution in [0.3, 0.4) is 0 Å². The van der Waals surface area contributed by atoms with Gasteiger partial charge in [-0.2, -0.15) is 0 Å². The molecule has 0 aromatic rings. The van der Waals surface area contributed by atoms with Crippen molar-refractivity contribution in [2.45, 2.75) is 17.9 Å². The molecule has 6 heteroatoms. The maximum Gasteiger partial charge on any atom is 0.188 e. The van der Waals surface area contributed by atoms with Gasteiger partial charge in [0, 0.05) is 10.8 Å². The molecule has 0 N–H and O–H groups in total. The predicted molar refractivity (Wildman–Crippen MR) is 52.3 cm³/mol. The van der Waals surface area contributed by atoms with Crippen molar-refractivity contribution in [1.29, 1.82) is 0 Å². The van der Waals surface area contributed by atoms with Crippen LogP contribution in [0.1, 0.15) is 13.3 Å². The lowest BCUT2D eigenvalue weighted by Crippen LogP contribution is -2.26. The van der Waals surface area contributed by atoms with Gasteiger partial charge in [0.25, 0.3) is 0 Å². The van der Waals surface area contributed by atoms with Crippen LogP contribution in [0.5, 0.6) is 0 Å². The van der Waals surface area contributed by atoms with Gasteiger partial charge >= 0.3 is 0 Å². The average molecular weight is 224 g/mol. The Kier molecular flexibility index (Phi) is 3.87. The lowest BCUT2D eigenvalue weighted by atomic mass is 10.6. The van der Waals surface area contributed by atoms with Crippen LogP contribution >= 0.6 is 0 Å². The minimum absolute atomic E-state index is 0.0112. The summed E-state index contributed by atoms with van der Waals surface area (Å²) in [6.07, 6.45) is -0.0112. The lowest BCUT2D eigenvalue weighted by Gasteiger charge is -2.10. The van der Waals surface area contributed by atoms with Gasteiger partial charge in [0.2, 0.25) is 0 Å². The first-order valence-corrected chi connectivity index (χ1v) is 6.76. The molecular formula is C7H12O4S2. The van der Waals surface area contributed by atoms with Crippen molar-refractivity contribution in [3.63, 3.8) is 0 Å². The highest BCUT2D eigenvalue weighted by molar-refractivity contribution is 8.11. The fraction of sp³-hybridized carbons (Fsp3) is 0.429. The largest absolute Gasteiger partial charge is 0.223 e. The number of hydrogen-bond acceptors (Lipinski definition) is 4. The second kappa shape index (κ2) is 4.06. The van der Waals surface area contributed by atoms with Crippen LogP contribution < -0.4 is 0 Å². The van der Waals surface area contributed by atoms with E-state index >= 15 is 0 Å². The van der Waals surface area contributed by atoms with Gasteiger partial charge in [0.05, 0.1) is 0 Å². The van der Waals surface area contributed by atoms with Crippen molar-refractivity contribution in [2.24, 2.45) is 0 Å². The highest BCUT2D eigenvalue weighted by Gasteiger charge is 2.31. The quantitative estimate of drug-likeness (QED) is 0.694. The summed E-state index contributed by atoms with van der Waals surface area (Å²) in [5, 5.41) is 1.31. The molecule has 0 atom stereocenters. The maximum atomic E-state index is 11.2. The summed E-state index contributed by atoms with van der Waals surface area (Å²) in [4.78, 5) is 0. The van der Waals surface area contributed by atoms with Crippen LogP contribution in [0.2, 0.25) is 0 Å². The van der Waals surface area contributed by atoms with Crippen LogP contribution in [0, 0.1) is 0 Å². The zero-order valence-corrected chi connectivity index (χ0v) is 8.94. The van der Waals surface area contributed by atoms with E-state index in [2.05, 4.69) is 13.2 Å². The molecule has 0 bridgehead atoms. The Bertz CT molecular complexity index is 350. The molecule has 4 nitrogen and oxygen atoms in total. The van der Waals surface area contributed by atoms with E-state index in [0.717, 1.165) is 0 Å². The summed E-state index contributed by atoms with van der Waals surface area (Å²) < 4.78 is 43.3. The van der Waals surface area contributed by atoms with Crippen LogP contribution in [0.15, 0.2) is 24.0 Å². The molecule has 0 aliphatic heterocycles. The first-order valence-electron chi connectivity index (χ1n) is 3.54. The molecule has 0 spiro atoms. The van der Waals surface area contributed by atoms with E-state index in [1.807, 2.05) is 0 Å². The van der Waals surface area contributed by atoms with Gasteiger partial charge in [0.15, 0.2) is 24.3 Å². The van der Waals surface area contributed by atoms with Crippen molar-refractivity contribution < 1.29 is 16.8 Å². The molecule has 0 aliphatic carbocycles. The molecule has 0 radical (unpaired) electrons. The van der Waals surface area contributed by atoms with E-state index in [-0.39, 0.29) is 6.42 Å². The zero-order valence-electron chi connectivity index (χ0n) is 7.30. The fourth-order valence-corrected chi connectivity index (χ4v) is 4.19. The third-order valence-electron chi connectivity index (χ3n) is 1.53. The summed E-state index contributed by atoms with van der Waals surface area (Å²) >= 11 is 0. The van der Waals surface area contributed by atoms with Crippen molar-refractivity contribution in [3.8, 4) is 0 Å². The molecule has 76 valence electrons. The summed E-state index contributed by atoms with van der Waals surface area (Å²) in [5.74, 6) is 0. The molecule has 0 unspecified atom stereocenters. The van der Waals surface area contributed by atoms with E-state index in [1.165, 1.54) is 6.92 Å². The minimum Gasteiger partial charge on any atom is -0.223 e. The highest BCUT2D eigenvalue weighted by Crippen LogP contribution is 2.16. The fourth-order valence-electron chi connectivity index (χ4n) is 0.866. The van der Waals surface area contributed by atoms with E-state index in [9.17, 15) is 16.8 Å². The molecule has 0 rings (SSSR count). The smallest absolute Gasteiger partial charge is 0.188 e. The van der Waals surface area contributed by atoms with Crippen molar-refractivity contribution >= 4 is 19.7 Å². The van der Waals surface area contributed by atoms with Crippen LogP contribution in [-0.4, -0.2) is 21.4 Å². The molecule has 0 fully saturated rings. The zero-order chi connectivity index (χ0) is 10.7. The minimum atomic E-state index is -3.78. The second-order valence-electron chi connectivity index (χ2n) is 2.35. The van der Waals surface area contributed by atoms with Gasteiger partial charge in [-0.15, -0.1) is 0 Å².